The predicted octanol–water partition coefficient (Wildman–Crippen LogP) is 1.50. The first kappa shape index (κ1) is 25.1. The Bertz CT molecular complexity index is 577. The molecule has 0 aliphatic carbocycles. The highest BCUT2D eigenvalue weighted by Gasteiger charge is 2.11. The third kappa shape index (κ3) is 10.0. The van der Waals surface area contributed by atoms with Crippen LogP contribution < -0.4 is 10.6 Å². The summed E-state index contributed by atoms with van der Waals surface area (Å²) >= 11 is 1.79. The number of carbonyl (C=O) groups is 1. The molecule has 7 nitrogen and oxygen atoms in total. The van der Waals surface area contributed by atoms with Gasteiger partial charge in [-0.1, -0.05) is 13.0 Å². The molecule has 1 aromatic rings. The van der Waals surface area contributed by atoms with Crippen LogP contribution in [0.5, 0.6) is 0 Å². The molecule has 0 spiro atoms. The second-order valence-corrected chi connectivity index (χ2v) is 8.14. The quantitative estimate of drug-likeness (QED) is 0.292. The molecule has 1 aromatic heterocycles. The van der Waals surface area contributed by atoms with E-state index in [1.54, 1.807) is 30.3 Å². The number of hydrogen-bond donors (Lipinski definition) is 2. The molecule has 28 heavy (non-hydrogen) atoms. The fourth-order valence-corrected chi connectivity index (χ4v) is 3.60. The van der Waals surface area contributed by atoms with E-state index in [0.29, 0.717) is 11.9 Å². The molecule has 2 N–H and O–H groups in total. The zero-order valence-corrected chi connectivity index (χ0v) is 20.3. The number of halogens is 1. The maximum Gasteiger partial charge on any atom is 0.243 e. The van der Waals surface area contributed by atoms with E-state index < -0.39 is 0 Å². The Balaban J connectivity index is 0.00000392. The van der Waals surface area contributed by atoms with Gasteiger partial charge in [-0.25, -0.2) is 4.99 Å². The largest absolute Gasteiger partial charge is 0.379 e. The smallest absolute Gasteiger partial charge is 0.243 e. The van der Waals surface area contributed by atoms with Crippen molar-refractivity contribution in [1.82, 2.24) is 20.4 Å². The van der Waals surface area contributed by atoms with Crippen molar-refractivity contribution >= 4 is 47.2 Å². The normalized spacial score (nSPS) is 16.2. The van der Waals surface area contributed by atoms with Crippen molar-refractivity contribution in [3.05, 3.63) is 22.4 Å². The average molecular weight is 523 g/mol. The van der Waals surface area contributed by atoms with E-state index in [-0.39, 0.29) is 36.4 Å². The summed E-state index contributed by atoms with van der Waals surface area (Å²) in [6.07, 6.45) is 1.04. The van der Waals surface area contributed by atoms with Gasteiger partial charge in [-0.2, -0.15) is 0 Å². The van der Waals surface area contributed by atoms with Crippen LogP contribution in [0.1, 0.15) is 11.8 Å². The lowest BCUT2D eigenvalue weighted by atomic mass is 10.1. The fourth-order valence-electron chi connectivity index (χ4n) is 2.73. The first-order valence-corrected chi connectivity index (χ1v) is 10.5. The highest BCUT2D eigenvalue weighted by Crippen LogP contribution is 2.13. The zero-order valence-electron chi connectivity index (χ0n) is 17.1. The van der Waals surface area contributed by atoms with Crippen LogP contribution in [-0.4, -0.2) is 88.2 Å². The number of ether oxygens (including phenoxy) is 1. The third-order valence-electron chi connectivity index (χ3n) is 4.44. The van der Waals surface area contributed by atoms with E-state index in [4.69, 9.17) is 4.74 Å². The highest BCUT2D eigenvalue weighted by molar-refractivity contribution is 14.0. The lowest BCUT2D eigenvalue weighted by Gasteiger charge is -2.27. The van der Waals surface area contributed by atoms with E-state index in [0.717, 1.165) is 52.4 Å². The molecule has 0 saturated carbocycles. The molecule has 1 amide bonds. The molecule has 1 aliphatic rings. The topological polar surface area (TPSA) is 69.2 Å². The Morgan fingerprint density at radius 1 is 1.36 bits per heavy atom. The maximum atomic E-state index is 11.9. The number of morpholine rings is 1. The molecule has 0 bridgehead atoms. The lowest BCUT2D eigenvalue weighted by Crippen LogP contribution is -2.45. The highest BCUT2D eigenvalue weighted by atomic mass is 127. The number of nitrogens with one attached hydrogen (secondary N) is 2. The van der Waals surface area contributed by atoms with Crippen LogP contribution in [0.3, 0.4) is 0 Å². The van der Waals surface area contributed by atoms with Crippen molar-refractivity contribution in [3.63, 3.8) is 0 Å². The van der Waals surface area contributed by atoms with Crippen LogP contribution in [0.4, 0.5) is 0 Å². The average Bonchev–Trinajstić information content (AvgIpc) is 3.16. The minimum absolute atomic E-state index is 0. The van der Waals surface area contributed by atoms with Crippen LogP contribution in [-0.2, 0) is 16.0 Å². The second kappa shape index (κ2) is 14.1. The van der Waals surface area contributed by atoms with Gasteiger partial charge >= 0.3 is 0 Å². The molecule has 1 aliphatic heterocycles. The Labute approximate surface area is 189 Å². The number of carbonyl (C=O) groups excluding carboxylic acids is 1. The Hall–Kier alpha value is -0.910. The van der Waals surface area contributed by atoms with Gasteiger partial charge in [-0.15, -0.1) is 35.3 Å². The van der Waals surface area contributed by atoms with Crippen LogP contribution in [0.15, 0.2) is 22.5 Å². The van der Waals surface area contributed by atoms with Crippen LogP contribution >= 0.6 is 35.3 Å². The van der Waals surface area contributed by atoms with E-state index in [2.05, 4.69) is 45.0 Å². The molecular formula is C19H34IN5O2S. The van der Waals surface area contributed by atoms with E-state index >= 15 is 0 Å². The summed E-state index contributed by atoms with van der Waals surface area (Å²) in [5.74, 6) is 1.19. The number of amides is 1. The third-order valence-corrected chi connectivity index (χ3v) is 5.34. The second-order valence-electron chi connectivity index (χ2n) is 7.10. The van der Waals surface area contributed by atoms with Gasteiger partial charge in [0.25, 0.3) is 0 Å². The Kier molecular flexibility index (Phi) is 12.7. The van der Waals surface area contributed by atoms with Crippen LogP contribution in [0, 0.1) is 5.92 Å². The summed E-state index contributed by atoms with van der Waals surface area (Å²) in [6.45, 7) is 8.47. The van der Waals surface area contributed by atoms with E-state index in [1.165, 1.54) is 4.88 Å². The Morgan fingerprint density at radius 2 is 2.11 bits per heavy atom. The van der Waals surface area contributed by atoms with Crippen molar-refractivity contribution in [2.45, 2.75) is 13.3 Å². The molecule has 1 saturated heterocycles. The monoisotopic (exact) mass is 523 g/mol. The molecule has 9 heteroatoms. The predicted molar refractivity (Wildman–Crippen MR) is 127 cm³/mol. The van der Waals surface area contributed by atoms with Gasteiger partial charge in [0.2, 0.25) is 5.91 Å². The SMILES string of the molecule is CC(CNC(=NCC(=O)N(C)C)NCCN1CCOCC1)Cc1cccs1.I. The first-order chi connectivity index (χ1) is 13.0. The molecule has 0 radical (unpaired) electrons. The number of likely N-dealkylation sites (N-methyl/N-ethyl adjacent to an activating group) is 1. The van der Waals surface area contributed by atoms with Gasteiger partial charge in [0.05, 0.1) is 13.2 Å². The number of nitrogens with zero attached hydrogens (tertiary/aromatic N) is 3. The van der Waals surface area contributed by atoms with E-state index in [1.807, 2.05) is 0 Å². The van der Waals surface area contributed by atoms with Gasteiger partial charge in [0.15, 0.2) is 5.96 Å². The van der Waals surface area contributed by atoms with E-state index in [9.17, 15) is 4.79 Å². The van der Waals surface area contributed by atoms with Gasteiger partial charge in [0.1, 0.15) is 6.54 Å². The summed E-state index contributed by atoms with van der Waals surface area (Å²) in [5, 5.41) is 8.87. The van der Waals surface area contributed by atoms with Crippen molar-refractivity contribution in [3.8, 4) is 0 Å². The number of aliphatic imine (C=N–C) groups is 1. The molecule has 1 unspecified atom stereocenters. The number of thiophene rings is 1. The molecule has 160 valence electrons. The van der Waals surface area contributed by atoms with Crippen molar-refractivity contribution in [2.24, 2.45) is 10.9 Å². The molecule has 1 fully saturated rings. The molecule has 2 heterocycles. The summed E-state index contributed by atoms with van der Waals surface area (Å²) in [6, 6.07) is 4.26. The number of rotatable bonds is 9. The van der Waals surface area contributed by atoms with Gasteiger partial charge in [-0.05, 0) is 23.8 Å². The summed E-state index contributed by atoms with van der Waals surface area (Å²) in [5.41, 5.74) is 0. The lowest BCUT2D eigenvalue weighted by molar-refractivity contribution is -0.127. The standard InChI is InChI=1S/C19H33N5O2S.HI/c1-16(13-17-5-4-12-27-17)14-21-19(22-15-18(25)23(2)3)20-6-7-24-8-10-26-11-9-24;/h4-5,12,16H,6-11,13-15H2,1-3H3,(H2,20,21,22);1H. The molecule has 2 rings (SSSR count). The van der Waals surface area contributed by atoms with Crippen LogP contribution in [0.25, 0.3) is 0 Å². The zero-order chi connectivity index (χ0) is 19.5. The molecule has 0 aromatic carbocycles. The summed E-state index contributed by atoms with van der Waals surface area (Å²) < 4.78 is 5.38. The Morgan fingerprint density at radius 3 is 2.75 bits per heavy atom. The van der Waals surface area contributed by atoms with Gasteiger partial charge in [0, 0.05) is 51.7 Å². The molecule has 1 atom stereocenters. The van der Waals surface area contributed by atoms with Crippen molar-refractivity contribution < 1.29 is 9.53 Å². The van der Waals surface area contributed by atoms with Crippen molar-refractivity contribution in [2.75, 3.05) is 66.6 Å². The minimum Gasteiger partial charge on any atom is -0.379 e. The van der Waals surface area contributed by atoms with Gasteiger partial charge in [-0.3, -0.25) is 9.69 Å². The number of hydrogen-bond acceptors (Lipinski definition) is 5. The van der Waals surface area contributed by atoms with Crippen LogP contribution in [0.2, 0.25) is 0 Å². The maximum absolute atomic E-state index is 11.9. The minimum atomic E-state index is -0.00378. The molecular weight excluding hydrogens is 489 g/mol. The fraction of sp³-hybridized carbons (Fsp3) is 0.684. The van der Waals surface area contributed by atoms with Gasteiger partial charge < -0.3 is 20.3 Å². The first-order valence-electron chi connectivity index (χ1n) is 9.59. The summed E-state index contributed by atoms with van der Waals surface area (Å²) in [7, 11) is 3.50. The number of guanidine groups is 1. The summed E-state index contributed by atoms with van der Waals surface area (Å²) in [4.78, 5) is 21.7. The van der Waals surface area contributed by atoms with Crippen molar-refractivity contribution in [1.29, 1.82) is 0 Å².